The van der Waals surface area contributed by atoms with Crippen LogP contribution in [0.3, 0.4) is 0 Å². The van der Waals surface area contributed by atoms with Crippen molar-refractivity contribution in [1.29, 1.82) is 0 Å². The first-order chi connectivity index (χ1) is 7.58. The summed E-state index contributed by atoms with van der Waals surface area (Å²) in [4.78, 5) is 11.0. The molecule has 1 rings (SSSR count). The molecule has 2 heteroatoms. The minimum absolute atomic E-state index is 0.205. The van der Waals surface area contributed by atoms with E-state index in [9.17, 15) is 4.79 Å². The van der Waals surface area contributed by atoms with Gasteiger partial charge in [-0.3, -0.25) is 4.79 Å². The topological polar surface area (TPSA) is 37.3 Å². The van der Waals surface area contributed by atoms with E-state index < -0.39 is 5.97 Å². The van der Waals surface area contributed by atoms with Gasteiger partial charge in [0, 0.05) is 5.41 Å². The summed E-state index contributed by atoms with van der Waals surface area (Å²) in [5, 5.41) is 9.01. The normalized spacial score (nSPS) is 14.4. The van der Waals surface area contributed by atoms with Crippen molar-refractivity contribution >= 4 is 5.97 Å². The van der Waals surface area contributed by atoms with Gasteiger partial charge in [-0.1, -0.05) is 57.0 Å². The highest BCUT2D eigenvalue weighted by Gasteiger charge is 2.28. The molecule has 88 valence electrons. The molecule has 0 radical (unpaired) electrons. The Labute approximate surface area is 97.3 Å². The Hall–Kier alpha value is -1.31. The molecule has 0 fully saturated rings. The Kier molecular flexibility index (Phi) is 4.53. The van der Waals surface area contributed by atoms with E-state index in [1.807, 2.05) is 37.3 Å². The highest BCUT2D eigenvalue weighted by molar-refractivity contribution is 5.69. The van der Waals surface area contributed by atoms with Gasteiger partial charge in [0.05, 0.1) is 6.42 Å². The molecule has 0 saturated heterocycles. The summed E-state index contributed by atoms with van der Waals surface area (Å²) in [6.45, 7) is 4.18. The van der Waals surface area contributed by atoms with Crippen LogP contribution in [0.2, 0.25) is 0 Å². The highest BCUT2D eigenvalue weighted by Crippen LogP contribution is 2.32. The second kappa shape index (κ2) is 5.69. The lowest BCUT2D eigenvalue weighted by atomic mass is 9.75. The Bertz CT molecular complexity index is 332. The summed E-state index contributed by atoms with van der Waals surface area (Å²) < 4.78 is 0. The molecule has 0 aliphatic heterocycles. The van der Waals surface area contributed by atoms with Crippen LogP contribution in [-0.2, 0) is 10.2 Å². The minimum atomic E-state index is -0.720. The summed E-state index contributed by atoms with van der Waals surface area (Å²) in [5.41, 5.74) is 0.897. The summed E-state index contributed by atoms with van der Waals surface area (Å²) in [7, 11) is 0. The van der Waals surface area contributed by atoms with Crippen LogP contribution >= 0.6 is 0 Å². The standard InChI is InChI=1S/C14H20O2/c1-3-4-10-14(2,11-13(15)16)12-8-6-5-7-9-12/h5-9H,3-4,10-11H2,1-2H3,(H,15,16)/t14-/m0/s1. The molecule has 16 heavy (non-hydrogen) atoms. The van der Waals surface area contributed by atoms with E-state index in [2.05, 4.69) is 6.92 Å². The smallest absolute Gasteiger partial charge is 0.304 e. The van der Waals surface area contributed by atoms with E-state index in [-0.39, 0.29) is 11.8 Å². The van der Waals surface area contributed by atoms with E-state index in [0.29, 0.717) is 0 Å². The average Bonchev–Trinajstić information content (AvgIpc) is 2.27. The van der Waals surface area contributed by atoms with Gasteiger partial charge in [0.1, 0.15) is 0 Å². The van der Waals surface area contributed by atoms with Gasteiger partial charge in [0.25, 0.3) is 0 Å². The van der Waals surface area contributed by atoms with E-state index in [1.165, 1.54) is 0 Å². The largest absolute Gasteiger partial charge is 0.481 e. The fraction of sp³-hybridized carbons (Fsp3) is 0.500. The molecular formula is C14H20O2. The van der Waals surface area contributed by atoms with Crippen molar-refractivity contribution in [1.82, 2.24) is 0 Å². The molecule has 0 amide bonds. The van der Waals surface area contributed by atoms with Gasteiger partial charge in [-0.05, 0) is 12.0 Å². The lowest BCUT2D eigenvalue weighted by molar-refractivity contribution is -0.138. The number of aliphatic carboxylic acids is 1. The Morgan fingerprint density at radius 3 is 2.44 bits per heavy atom. The minimum Gasteiger partial charge on any atom is -0.481 e. The van der Waals surface area contributed by atoms with Crippen LogP contribution in [0.4, 0.5) is 0 Å². The van der Waals surface area contributed by atoms with Gasteiger partial charge in [0.15, 0.2) is 0 Å². The fourth-order valence-electron chi connectivity index (χ4n) is 2.08. The zero-order chi connectivity index (χ0) is 12.0. The number of hydrogen-bond donors (Lipinski definition) is 1. The van der Waals surface area contributed by atoms with Gasteiger partial charge in [-0.25, -0.2) is 0 Å². The van der Waals surface area contributed by atoms with Gasteiger partial charge in [-0.15, -0.1) is 0 Å². The number of benzene rings is 1. The van der Waals surface area contributed by atoms with Gasteiger partial charge in [-0.2, -0.15) is 0 Å². The number of hydrogen-bond acceptors (Lipinski definition) is 1. The molecule has 2 nitrogen and oxygen atoms in total. The van der Waals surface area contributed by atoms with Crippen molar-refractivity contribution < 1.29 is 9.90 Å². The number of carboxylic acid groups (broad SMARTS) is 1. The first-order valence-electron chi connectivity index (χ1n) is 5.86. The summed E-state index contributed by atoms with van der Waals surface area (Å²) >= 11 is 0. The summed E-state index contributed by atoms with van der Waals surface area (Å²) in [6.07, 6.45) is 3.30. The predicted molar refractivity (Wildman–Crippen MR) is 65.6 cm³/mol. The molecule has 1 aromatic rings. The van der Waals surface area contributed by atoms with Crippen LogP contribution < -0.4 is 0 Å². The third-order valence-corrected chi connectivity index (χ3v) is 3.09. The van der Waals surface area contributed by atoms with Crippen LogP contribution in [0.5, 0.6) is 0 Å². The SMILES string of the molecule is CCCC[C@@](C)(CC(=O)O)c1ccccc1. The van der Waals surface area contributed by atoms with Crippen molar-refractivity contribution in [3.05, 3.63) is 35.9 Å². The maximum absolute atomic E-state index is 11.0. The molecule has 0 heterocycles. The van der Waals surface area contributed by atoms with E-state index in [4.69, 9.17) is 5.11 Å². The molecular weight excluding hydrogens is 200 g/mol. The molecule has 0 aliphatic rings. The average molecular weight is 220 g/mol. The quantitative estimate of drug-likeness (QED) is 0.795. The molecule has 1 N–H and O–H groups in total. The van der Waals surface area contributed by atoms with Gasteiger partial charge < -0.3 is 5.11 Å². The first-order valence-corrected chi connectivity index (χ1v) is 5.86. The van der Waals surface area contributed by atoms with Crippen molar-refractivity contribution in [2.45, 2.75) is 44.9 Å². The Balaban J connectivity index is 2.90. The zero-order valence-corrected chi connectivity index (χ0v) is 10.1. The van der Waals surface area contributed by atoms with Crippen LogP contribution in [0.15, 0.2) is 30.3 Å². The molecule has 0 aromatic heterocycles. The molecule has 1 atom stereocenters. The molecule has 0 saturated carbocycles. The zero-order valence-electron chi connectivity index (χ0n) is 10.1. The second-order valence-electron chi connectivity index (χ2n) is 4.60. The van der Waals surface area contributed by atoms with Crippen LogP contribution in [-0.4, -0.2) is 11.1 Å². The molecule has 0 aliphatic carbocycles. The number of rotatable bonds is 6. The molecule has 0 bridgehead atoms. The third kappa shape index (κ3) is 3.37. The Morgan fingerprint density at radius 1 is 1.31 bits per heavy atom. The van der Waals surface area contributed by atoms with Crippen molar-refractivity contribution in [3.8, 4) is 0 Å². The highest BCUT2D eigenvalue weighted by atomic mass is 16.4. The maximum Gasteiger partial charge on any atom is 0.304 e. The monoisotopic (exact) mass is 220 g/mol. The number of unbranched alkanes of at least 4 members (excludes halogenated alkanes) is 1. The van der Waals surface area contributed by atoms with E-state index >= 15 is 0 Å². The Morgan fingerprint density at radius 2 is 1.94 bits per heavy atom. The van der Waals surface area contributed by atoms with E-state index in [0.717, 1.165) is 24.8 Å². The summed E-state index contributed by atoms with van der Waals surface area (Å²) in [5.74, 6) is -0.720. The number of carboxylic acids is 1. The lowest BCUT2D eigenvalue weighted by Gasteiger charge is -2.28. The van der Waals surface area contributed by atoms with Crippen LogP contribution in [0.25, 0.3) is 0 Å². The molecule has 0 unspecified atom stereocenters. The van der Waals surface area contributed by atoms with Crippen LogP contribution in [0.1, 0.15) is 45.1 Å². The fourth-order valence-corrected chi connectivity index (χ4v) is 2.08. The first kappa shape index (κ1) is 12.8. The van der Waals surface area contributed by atoms with Gasteiger partial charge >= 0.3 is 5.97 Å². The molecule has 1 aromatic carbocycles. The lowest BCUT2D eigenvalue weighted by Crippen LogP contribution is -2.25. The maximum atomic E-state index is 11.0. The van der Waals surface area contributed by atoms with E-state index in [1.54, 1.807) is 0 Å². The summed E-state index contributed by atoms with van der Waals surface area (Å²) in [6, 6.07) is 9.96. The van der Waals surface area contributed by atoms with Gasteiger partial charge in [0.2, 0.25) is 0 Å². The van der Waals surface area contributed by atoms with Crippen LogP contribution in [0, 0.1) is 0 Å². The van der Waals surface area contributed by atoms with Crippen molar-refractivity contribution in [2.24, 2.45) is 0 Å². The second-order valence-corrected chi connectivity index (χ2v) is 4.60. The predicted octanol–water partition coefficient (Wildman–Crippen LogP) is 3.61. The number of carbonyl (C=O) groups is 1. The van der Waals surface area contributed by atoms with Crippen molar-refractivity contribution in [3.63, 3.8) is 0 Å². The molecule has 0 spiro atoms. The van der Waals surface area contributed by atoms with Crippen molar-refractivity contribution in [2.75, 3.05) is 0 Å². The third-order valence-electron chi connectivity index (χ3n) is 3.09.